The number of esters is 1. The van der Waals surface area contributed by atoms with Crippen molar-refractivity contribution in [2.24, 2.45) is 11.7 Å². The number of hydrogen-bond acceptors (Lipinski definition) is 10. The standard InChI is InChI=1S/C35H52ClN3O8/c1-21(16-24-14-15-25(36)26(17-24)43-9)12-11-13-28(44-10)35(42)19-27(45-23(3)38-35)22(2)32-34(7,47-32)29(18-30(37)40)46-31(41)20-39(8)33(4,5)6/h11-15,17,22,27-29,32,38,42H,3,16,18-20H2,1-2,4-10H3,(H2,37,40)/b13-11+,21-12+/t22-,27+,28-,29+,32?,34+,35+/m1/s1. The van der Waals surface area contributed by atoms with Crippen LogP contribution in [0.4, 0.5) is 0 Å². The van der Waals surface area contributed by atoms with Crippen LogP contribution in [0.3, 0.4) is 0 Å². The number of methoxy groups -OCH3 is 2. The number of primary amides is 1. The molecule has 262 valence electrons. The summed E-state index contributed by atoms with van der Waals surface area (Å²) in [5, 5.41) is 15.3. The molecule has 0 radical (unpaired) electrons. The number of carbonyl (C=O) groups is 2. The number of carbonyl (C=O) groups excluding carboxylic acids is 2. The first-order valence-electron chi connectivity index (χ1n) is 15.7. The Labute approximate surface area is 284 Å². The fourth-order valence-corrected chi connectivity index (χ4v) is 5.97. The maximum atomic E-state index is 12.9. The molecule has 1 aromatic rings. The van der Waals surface area contributed by atoms with Gasteiger partial charge in [-0.25, -0.2) is 0 Å². The first-order valence-corrected chi connectivity index (χ1v) is 16.1. The van der Waals surface area contributed by atoms with Gasteiger partial charge in [0.25, 0.3) is 0 Å². The average Bonchev–Trinajstić information content (AvgIpc) is 3.66. The molecule has 0 saturated carbocycles. The summed E-state index contributed by atoms with van der Waals surface area (Å²) in [5.41, 5.74) is 4.88. The van der Waals surface area contributed by atoms with E-state index in [1.807, 2.05) is 76.9 Å². The first kappa shape index (κ1) is 38.4. The summed E-state index contributed by atoms with van der Waals surface area (Å²) < 4.78 is 29.0. The second kappa shape index (κ2) is 15.4. The topological polar surface area (TPSA) is 145 Å². The van der Waals surface area contributed by atoms with Gasteiger partial charge in [-0.05, 0) is 72.4 Å². The molecule has 2 fully saturated rings. The highest BCUT2D eigenvalue weighted by Gasteiger charge is 2.64. The van der Waals surface area contributed by atoms with Crippen molar-refractivity contribution in [2.45, 2.75) is 102 Å². The Morgan fingerprint density at radius 2 is 2.00 bits per heavy atom. The lowest BCUT2D eigenvalue weighted by molar-refractivity contribution is -0.159. The first-order chi connectivity index (χ1) is 21.8. The van der Waals surface area contributed by atoms with E-state index in [-0.39, 0.29) is 36.7 Å². The van der Waals surface area contributed by atoms with E-state index in [1.165, 1.54) is 7.11 Å². The van der Waals surface area contributed by atoms with Crippen LogP contribution in [-0.2, 0) is 35.0 Å². The van der Waals surface area contributed by atoms with Crippen molar-refractivity contribution in [1.29, 1.82) is 0 Å². The zero-order valence-electron chi connectivity index (χ0n) is 29.1. The van der Waals surface area contributed by atoms with E-state index in [4.69, 9.17) is 41.0 Å². The molecule has 0 bridgehead atoms. The van der Waals surface area contributed by atoms with Gasteiger partial charge in [-0.3, -0.25) is 14.5 Å². The van der Waals surface area contributed by atoms with E-state index in [2.05, 4.69) is 11.9 Å². The molecular formula is C35H52ClN3O8. The maximum Gasteiger partial charge on any atom is 0.320 e. The minimum atomic E-state index is -1.55. The number of aliphatic hydroxyl groups is 1. The third-order valence-electron chi connectivity index (χ3n) is 9.02. The summed E-state index contributed by atoms with van der Waals surface area (Å²) in [6.45, 7) is 15.6. The number of rotatable bonds is 15. The van der Waals surface area contributed by atoms with Gasteiger partial charge in [-0.1, -0.05) is 48.4 Å². The van der Waals surface area contributed by atoms with Crippen LogP contribution < -0.4 is 15.8 Å². The van der Waals surface area contributed by atoms with Gasteiger partial charge in [-0.2, -0.15) is 0 Å². The van der Waals surface area contributed by atoms with Gasteiger partial charge in [0.1, 0.15) is 29.7 Å². The van der Waals surface area contributed by atoms with Gasteiger partial charge in [-0.15, -0.1) is 0 Å². The third-order valence-corrected chi connectivity index (χ3v) is 9.33. The lowest BCUT2D eigenvalue weighted by Gasteiger charge is -2.44. The van der Waals surface area contributed by atoms with Crippen LogP contribution in [0.25, 0.3) is 0 Å². The highest BCUT2D eigenvalue weighted by atomic mass is 35.5. The van der Waals surface area contributed by atoms with Gasteiger partial charge in [0.2, 0.25) is 5.91 Å². The van der Waals surface area contributed by atoms with Crippen molar-refractivity contribution in [3.8, 4) is 5.75 Å². The normalized spacial score (nSPS) is 26.7. The molecule has 0 aromatic heterocycles. The predicted molar refractivity (Wildman–Crippen MR) is 181 cm³/mol. The Balaban J connectivity index is 1.70. The van der Waals surface area contributed by atoms with Crippen LogP contribution in [0.15, 0.2) is 54.5 Å². The van der Waals surface area contributed by atoms with E-state index >= 15 is 0 Å². The molecule has 2 heterocycles. The van der Waals surface area contributed by atoms with Crippen LogP contribution >= 0.6 is 11.6 Å². The van der Waals surface area contributed by atoms with Crippen LogP contribution in [0.5, 0.6) is 5.75 Å². The smallest absolute Gasteiger partial charge is 0.320 e. The van der Waals surface area contributed by atoms with Crippen LogP contribution in [0.1, 0.15) is 59.9 Å². The monoisotopic (exact) mass is 677 g/mol. The molecule has 1 amide bonds. The fraction of sp³-hybridized carbons (Fsp3) is 0.600. The molecule has 7 atom stereocenters. The van der Waals surface area contributed by atoms with Gasteiger partial charge in [0.15, 0.2) is 11.6 Å². The maximum absolute atomic E-state index is 12.9. The van der Waals surface area contributed by atoms with E-state index in [1.54, 1.807) is 20.1 Å². The molecule has 0 spiro atoms. The van der Waals surface area contributed by atoms with Crippen molar-refractivity contribution >= 4 is 23.5 Å². The molecule has 3 rings (SSSR count). The third kappa shape index (κ3) is 9.96. The molecule has 11 nitrogen and oxygen atoms in total. The quantitative estimate of drug-likeness (QED) is 0.140. The van der Waals surface area contributed by atoms with E-state index in [0.717, 1.165) is 11.1 Å². The summed E-state index contributed by atoms with van der Waals surface area (Å²) in [6.07, 6.45) is 3.55. The van der Waals surface area contributed by atoms with Crippen molar-refractivity contribution < 1.29 is 38.4 Å². The van der Waals surface area contributed by atoms with E-state index in [9.17, 15) is 14.7 Å². The Bertz CT molecular complexity index is 1360. The molecule has 47 heavy (non-hydrogen) atoms. The van der Waals surface area contributed by atoms with Crippen molar-refractivity contribution in [3.05, 3.63) is 65.0 Å². The Morgan fingerprint density at radius 3 is 2.60 bits per heavy atom. The van der Waals surface area contributed by atoms with Crippen LogP contribution in [0.2, 0.25) is 5.02 Å². The molecule has 2 aliphatic heterocycles. The Kier molecular flexibility index (Phi) is 12.6. The number of hydrogen-bond donors (Lipinski definition) is 3. The second-order valence-corrected chi connectivity index (χ2v) is 14.2. The van der Waals surface area contributed by atoms with E-state index in [0.29, 0.717) is 17.2 Å². The molecule has 4 N–H and O–H groups in total. The SMILES string of the molecule is C=C1N[C@@](O)([C@@H](/C=C/C=C(\C)Cc2ccc(Cl)c(OC)c2)OC)C[C@@H]([C@@H](C)C2O[C@@]2(C)[C@H](CC(N)=O)OC(=O)CN(C)C(C)(C)C)O1. The minimum absolute atomic E-state index is 0.0375. The highest BCUT2D eigenvalue weighted by molar-refractivity contribution is 6.32. The zero-order chi connectivity index (χ0) is 35.3. The number of ether oxygens (including phenoxy) is 5. The van der Waals surface area contributed by atoms with Crippen molar-refractivity contribution in [3.63, 3.8) is 0 Å². The van der Waals surface area contributed by atoms with Gasteiger partial charge < -0.3 is 39.8 Å². The van der Waals surface area contributed by atoms with E-state index < -0.39 is 47.6 Å². The molecule has 1 unspecified atom stereocenters. The molecule has 2 aliphatic rings. The number of benzene rings is 1. The molecule has 1 aromatic carbocycles. The minimum Gasteiger partial charge on any atom is -0.495 e. The van der Waals surface area contributed by atoms with Crippen molar-refractivity contribution in [1.82, 2.24) is 10.2 Å². The molecule has 0 aliphatic carbocycles. The van der Waals surface area contributed by atoms with Gasteiger partial charge in [0.05, 0.1) is 31.2 Å². The average molecular weight is 678 g/mol. The van der Waals surface area contributed by atoms with Crippen LogP contribution in [0, 0.1) is 5.92 Å². The summed E-state index contributed by atoms with van der Waals surface area (Å²) in [4.78, 5) is 26.7. The number of amides is 1. The number of likely N-dealkylation sites (N-methyl/N-ethyl adjacent to an activating group) is 1. The Hall–Kier alpha value is -3.09. The lowest BCUT2D eigenvalue weighted by Crippen LogP contribution is -2.60. The lowest BCUT2D eigenvalue weighted by atomic mass is 9.83. The summed E-state index contributed by atoms with van der Waals surface area (Å²) in [5.74, 6) is -0.583. The summed E-state index contributed by atoms with van der Waals surface area (Å²) in [6, 6.07) is 5.66. The summed E-state index contributed by atoms with van der Waals surface area (Å²) >= 11 is 6.15. The summed E-state index contributed by atoms with van der Waals surface area (Å²) in [7, 11) is 4.92. The van der Waals surface area contributed by atoms with Crippen LogP contribution in [-0.4, -0.2) is 91.0 Å². The largest absolute Gasteiger partial charge is 0.495 e. The molecular weight excluding hydrogens is 626 g/mol. The number of nitrogens with two attached hydrogens (primary N) is 1. The van der Waals surface area contributed by atoms with Gasteiger partial charge in [0, 0.05) is 25.0 Å². The highest BCUT2D eigenvalue weighted by Crippen LogP contribution is 2.49. The fourth-order valence-electron chi connectivity index (χ4n) is 5.78. The predicted octanol–water partition coefficient (Wildman–Crippen LogP) is 4.26. The van der Waals surface area contributed by atoms with Crippen molar-refractivity contribution in [2.75, 3.05) is 27.8 Å². The molecule has 12 heteroatoms. The number of allylic oxidation sites excluding steroid dienone is 3. The van der Waals surface area contributed by atoms with Gasteiger partial charge >= 0.3 is 5.97 Å². The second-order valence-electron chi connectivity index (χ2n) is 13.8. The Morgan fingerprint density at radius 1 is 1.32 bits per heavy atom. The molecule has 2 saturated heterocycles. The number of nitrogens with zero attached hydrogens (tertiary/aromatic N) is 1. The number of nitrogens with one attached hydrogen (secondary N) is 1. The number of halogens is 1. The number of epoxide rings is 1. The zero-order valence-corrected chi connectivity index (χ0v) is 29.8.